The number of amides is 1. The number of aryl methyl sites for hydroxylation is 1. The topological polar surface area (TPSA) is 73.6 Å². The Kier molecular flexibility index (Phi) is 4.82. The third-order valence-electron chi connectivity index (χ3n) is 6.08. The van der Waals surface area contributed by atoms with Crippen LogP contribution in [-0.4, -0.2) is 28.2 Å². The van der Waals surface area contributed by atoms with E-state index in [4.69, 9.17) is 4.74 Å². The van der Waals surface area contributed by atoms with Crippen LogP contribution in [0, 0.1) is 18.3 Å². The number of nitriles is 1. The van der Waals surface area contributed by atoms with Crippen molar-refractivity contribution >= 4 is 6.09 Å². The summed E-state index contributed by atoms with van der Waals surface area (Å²) in [5.41, 5.74) is 2.20. The molecule has 2 aliphatic heterocycles. The van der Waals surface area contributed by atoms with Gasteiger partial charge >= 0.3 is 6.09 Å². The van der Waals surface area contributed by atoms with Crippen molar-refractivity contribution in [2.45, 2.75) is 56.9 Å². The molecule has 0 aliphatic carbocycles. The Morgan fingerprint density at radius 1 is 1.21 bits per heavy atom. The molecule has 2 aromatic rings. The third kappa shape index (κ3) is 3.36. The molecule has 0 aromatic heterocycles. The first kappa shape index (κ1) is 18.5. The van der Waals surface area contributed by atoms with Gasteiger partial charge in [-0.15, -0.1) is 0 Å². The number of hydrogen-bond acceptors (Lipinski definition) is 4. The van der Waals surface area contributed by atoms with Gasteiger partial charge in [0.25, 0.3) is 0 Å². The van der Waals surface area contributed by atoms with Crippen LogP contribution in [-0.2, 0) is 16.9 Å². The van der Waals surface area contributed by atoms with Crippen molar-refractivity contribution in [3.05, 3.63) is 70.8 Å². The van der Waals surface area contributed by atoms with E-state index in [0.29, 0.717) is 18.4 Å². The molecule has 0 saturated carbocycles. The molecule has 2 heterocycles. The lowest BCUT2D eigenvalue weighted by Gasteiger charge is -2.43. The second-order valence-corrected chi connectivity index (χ2v) is 7.91. The number of piperidine rings is 1. The summed E-state index contributed by atoms with van der Waals surface area (Å²) in [5, 5.41) is 20.7. The van der Waals surface area contributed by atoms with Gasteiger partial charge in [0.15, 0.2) is 0 Å². The quantitative estimate of drug-likeness (QED) is 0.878. The maximum absolute atomic E-state index is 12.7. The van der Waals surface area contributed by atoms with Gasteiger partial charge in [-0.1, -0.05) is 42.5 Å². The van der Waals surface area contributed by atoms with Crippen molar-refractivity contribution in [1.29, 1.82) is 5.26 Å². The smallest absolute Gasteiger partial charge is 0.410 e. The van der Waals surface area contributed by atoms with Crippen LogP contribution >= 0.6 is 0 Å². The van der Waals surface area contributed by atoms with Crippen LogP contribution in [0.25, 0.3) is 0 Å². The van der Waals surface area contributed by atoms with Gasteiger partial charge in [-0.05, 0) is 42.5 Å². The predicted octanol–water partition coefficient (Wildman–Crippen LogP) is 4.02. The molecule has 2 unspecified atom stereocenters. The molecular weight excluding hydrogens is 352 g/mol. The van der Waals surface area contributed by atoms with Gasteiger partial charge in [-0.2, -0.15) is 5.26 Å². The number of benzene rings is 2. The highest BCUT2D eigenvalue weighted by Crippen LogP contribution is 2.46. The fraction of sp³-hybridized carbons (Fsp3) is 0.391. The molecule has 0 radical (unpaired) electrons. The summed E-state index contributed by atoms with van der Waals surface area (Å²) in [6, 6.07) is 17.3. The van der Waals surface area contributed by atoms with Crippen molar-refractivity contribution in [3.63, 3.8) is 0 Å². The van der Waals surface area contributed by atoms with Gasteiger partial charge in [0.05, 0.1) is 17.2 Å². The van der Waals surface area contributed by atoms with Crippen LogP contribution in [0.2, 0.25) is 0 Å². The minimum Gasteiger partial charge on any atom is -0.445 e. The summed E-state index contributed by atoms with van der Waals surface area (Å²) in [5.74, 6) is 0. The van der Waals surface area contributed by atoms with Gasteiger partial charge in [0.1, 0.15) is 6.61 Å². The van der Waals surface area contributed by atoms with E-state index in [9.17, 15) is 15.2 Å². The average molecular weight is 376 g/mol. The van der Waals surface area contributed by atoms with E-state index in [0.717, 1.165) is 29.5 Å². The summed E-state index contributed by atoms with van der Waals surface area (Å²) < 4.78 is 5.54. The number of nitrogens with zero attached hydrogens (tertiary/aromatic N) is 2. The van der Waals surface area contributed by atoms with Gasteiger partial charge in [-0.25, -0.2) is 4.79 Å². The van der Waals surface area contributed by atoms with E-state index in [1.165, 1.54) is 0 Å². The van der Waals surface area contributed by atoms with Crippen LogP contribution in [0.4, 0.5) is 4.79 Å². The highest BCUT2D eigenvalue weighted by atomic mass is 16.6. The molecule has 144 valence electrons. The Hall–Kier alpha value is -2.84. The van der Waals surface area contributed by atoms with Gasteiger partial charge in [0.2, 0.25) is 0 Å². The molecule has 5 heteroatoms. The molecule has 5 nitrogen and oxygen atoms in total. The van der Waals surface area contributed by atoms with Gasteiger partial charge in [0, 0.05) is 24.9 Å². The zero-order chi connectivity index (χ0) is 19.7. The minimum atomic E-state index is -1.01. The van der Waals surface area contributed by atoms with Crippen LogP contribution in [0.3, 0.4) is 0 Å². The number of fused-ring (bicyclic) bond motifs is 2. The van der Waals surface area contributed by atoms with E-state index < -0.39 is 5.60 Å². The molecule has 2 saturated heterocycles. The highest BCUT2D eigenvalue weighted by Gasteiger charge is 2.50. The lowest BCUT2D eigenvalue weighted by atomic mass is 9.80. The molecule has 1 N–H and O–H groups in total. The highest BCUT2D eigenvalue weighted by molar-refractivity contribution is 5.69. The summed E-state index contributed by atoms with van der Waals surface area (Å²) in [4.78, 5) is 14.5. The first-order chi connectivity index (χ1) is 13.5. The zero-order valence-electron chi connectivity index (χ0n) is 16.0. The summed E-state index contributed by atoms with van der Waals surface area (Å²) >= 11 is 0. The molecule has 2 bridgehead atoms. The predicted molar refractivity (Wildman–Crippen MR) is 104 cm³/mol. The summed E-state index contributed by atoms with van der Waals surface area (Å²) in [6.45, 7) is 2.14. The molecule has 28 heavy (non-hydrogen) atoms. The number of carbonyl (C=O) groups excluding carboxylic acids is 1. The fourth-order valence-electron chi connectivity index (χ4n) is 4.58. The molecule has 2 aromatic carbocycles. The molecule has 1 amide bonds. The van der Waals surface area contributed by atoms with E-state index in [1.807, 2.05) is 54.3 Å². The number of ether oxygens (including phenoxy) is 1. The normalized spacial score (nSPS) is 26.0. The average Bonchev–Trinajstić information content (AvgIpc) is 2.99. The SMILES string of the molecule is Cc1ccc(C2(O)CC3CCC(C2)N3C(=O)OCc2ccccc2)cc1C#N. The fourth-order valence-corrected chi connectivity index (χ4v) is 4.58. The van der Waals surface area contributed by atoms with E-state index in [-0.39, 0.29) is 24.8 Å². The number of carbonyl (C=O) groups is 1. The Labute approximate surface area is 165 Å². The van der Waals surface area contributed by atoms with Crippen LogP contribution in [0.15, 0.2) is 48.5 Å². The lowest BCUT2D eigenvalue weighted by Crippen LogP contribution is -2.52. The Balaban J connectivity index is 1.48. The van der Waals surface area contributed by atoms with Crippen molar-refractivity contribution in [2.24, 2.45) is 0 Å². The van der Waals surface area contributed by atoms with E-state index in [2.05, 4.69) is 6.07 Å². The van der Waals surface area contributed by atoms with Gasteiger partial charge in [-0.3, -0.25) is 0 Å². The molecule has 2 fully saturated rings. The van der Waals surface area contributed by atoms with Crippen molar-refractivity contribution in [1.82, 2.24) is 4.90 Å². The van der Waals surface area contributed by atoms with Crippen molar-refractivity contribution < 1.29 is 14.6 Å². The second kappa shape index (κ2) is 7.29. The van der Waals surface area contributed by atoms with Crippen molar-refractivity contribution in [3.8, 4) is 6.07 Å². The largest absolute Gasteiger partial charge is 0.445 e. The molecule has 4 rings (SSSR count). The monoisotopic (exact) mass is 376 g/mol. The summed E-state index contributed by atoms with van der Waals surface area (Å²) in [6.07, 6.45) is 2.37. The van der Waals surface area contributed by atoms with Crippen molar-refractivity contribution in [2.75, 3.05) is 0 Å². The first-order valence-electron chi connectivity index (χ1n) is 9.73. The lowest BCUT2D eigenvalue weighted by molar-refractivity contribution is -0.0537. The van der Waals surface area contributed by atoms with Gasteiger partial charge < -0.3 is 14.7 Å². The second-order valence-electron chi connectivity index (χ2n) is 7.91. The van der Waals surface area contributed by atoms with Crippen LogP contribution in [0.5, 0.6) is 0 Å². The number of rotatable bonds is 3. The Morgan fingerprint density at radius 3 is 2.54 bits per heavy atom. The standard InChI is InChI=1S/C23H24N2O3/c1-16-7-8-19(11-18(16)14-24)23(27)12-20-9-10-21(13-23)25(20)22(26)28-15-17-5-3-2-4-6-17/h2-8,11,20-21,27H,9-10,12-13,15H2,1H3. The summed E-state index contributed by atoms with van der Waals surface area (Å²) in [7, 11) is 0. The van der Waals surface area contributed by atoms with Crippen LogP contribution in [0.1, 0.15) is 47.9 Å². The maximum Gasteiger partial charge on any atom is 0.410 e. The Morgan fingerprint density at radius 2 is 1.89 bits per heavy atom. The zero-order valence-corrected chi connectivity index (χ0v) is 16.0. The molecular formula is C23H24N2O3. The Bertz CT molecular complexity index is 905. The van der Waals surface area contributed by atoms with Crippen LogP contribution < -0.4 is 0 Å². The number of aliphatic hydroxyl groups is 1. The van der Waals surface area contributed by atoms with E-state index in [1.54, 1.807) is 6.07 Å². The number of hydrogen-bond donors (Lipinski definition) is 1. The maximum atomic E-state index is 12.7. The molecule has 2 atom stereocenters. The first-order valence-corrected chi connectivity index (χ1v) is 9.73. The minimum absolute atomic E-state index is 0.0427. The molecule has 0 spiro atoms. The molecule has 2 aliphatic rings. The van der Waals surface area contributed by atoms with E-state index >= 15 is 0 Å². The third-order valence-corrected chi connectivity index (χ3v) is 6.08.